The van der Waals surface area contributed by atoms with E-state index in [0.717, 1.165) is 62.2 Å². The van der Waals surface area contributed by atoms with E-state index in [1.54, 1.807) is 0 Å². The number of nitrogens with one attached hydrogen (secondary N) is 1. The van der Waals surface area contributed by atoms with Crippen LogP contribution in [-0.4, -0.2) is 47.1 Å². The lowest BCUT2D eigenvalue weighted by atomic mass is 10.1. The number of aromatic nitrogens is 2. The second kappa shape index (κ2) is 6.45. The fourth-order valence-electron chi connectivity index (χ4n) is 3.09. The summed E-state index contributed by atoms with van der Waals surface area (Å²) in [5.41, 5.74) is 2.91. The molecule has 2 aromatic rings. The molecule has 0 spiro atoms. The topological polar surface area (TPSA) is 71.3 Å². The van der Waals surface area contributed by atoms with Crippen molar-refractivity contribution < 1.29 is 9.32 Å². The van der Waals surface area contributed by atoms with Crippen LogP contribution in [0.25, 0.3) is 11.1 Å². The minimum absolute atomic E-state index is 0. The molecule has 0 bridgehead atoms. The van der Waals surface area contributed by atoms with E-state index in [0.29, 0.717) is 17.2 Å². The monoisotopic (exact) mass is 336 g/mol. The van der Waals surface area contributed by atoms with Crippen LogP contribution in [-0.2, 0) is 0 Å². The first-order chi connectivity index (χ1) is 10.7. The summed E-state index contributed by atoms with van der Waals surface area (Å²) in [6, 6.07) is 1.96. The maximum atomic E-state index is 13.0. The van der Waals surface area contributed by atoms with Crippen LogP contribution in [0.15, 0.2) is 10.6 Å². The summed E-state index contributed by atoms with van der Waals surface area (Å²) >= 11 is 0. The van der Waals surface area contributed by atoms with Crippen molar-refractivity contribution in [2.45, 2.75) is 32.1 Å². The molecule has 0 atom stereocenters. The molecule has 1 aliphatic carbocycles. The average molecular weight is 337 g/mol. The lowest BCUT2D eigenvalue weighted by Crippen LogP contribution is -2.34. The maximum Gasteiger partial charge on any atom is 0.259 e. The number of aryl methyl sites for hydroxylation is 1. The lowest BCUT2D eigenvalue weighted by molar-refractivity contribution is 0.0768. The number of fused-ring (bicyclic) bond motifs is 1. The zero-order valence-electron chi connectivity index (χ0n) is 13.2. The Labute approximate surface area is 141 Å². The highest BCUT2D eigenvalue weighted by Gasteiger charge is 2.29. The largest absolute Gasteiger partial charge is 0.337 e. The summed E-state index contributed by atoms with van der Waals surface area (Å²) in [4.78, 5) is 19.5. The SMILES string of the molecule is Cc1noc2nc(C3CC3)cc(C(=O)N3CCCNCC3)c12.Cl. The fraction of sp³-hybridized carbons (Fsp3) is 0.562. The average Bonchev–Trinajstić information content (AvgIpc) is 3.34. The summed E-state index contributed by atoms with van der Waals surface area (Å²) < 4.78 is 5.33. The summed E-state index contributed by atoms with van der Waals surface area (Å²) in [6.45, 7) is 5.21. The van der Waals surface area contributed by atoms with Gasteiger partial charge in [-0.1, -0.05) is 5.16 Å². The molecule has 1 amide bonds. The number of hydrogen-bond donors (Lipinski definition) is 1. The van der Waals surface area contributed by atoms with Crippen molar-refractivity contribution in [2.75, 3.05) is 26.2 Å². The van der Waals surface area contributed by atoms with Crippen LogP contribution in [0.2, 0.25) is 0 Å². The molecule has 0 aromatic carbocycles. The van der Waals surface area contributed by atoms with Crippen LogP contribution < -0.4 is 5.32 Å². The van der Waals surface area contributed by atoms with Crippen LogP contribution in [0.3, 0.4) is 0 Å². The molecule has 1 saturated heterocycles. The van der Waals surface area contributed by atoms with Gasteiger partial charge in [0.15, 0.2) is 0 Å². The number of carbonyl (C=O) groups excluding carboxylic acids is 1. The van der Waals surface area contributed by atoms with Crippen LogP contribution in [0, 0.1) is 6.92 Å². The second-order valence-electron chi connectivity index (χ2n) is 6.21. The minimum Gasteiger partial charge on any atom is -0.337 e. The molecule has 6 nitrogen and oxygen atoms in total. The van der Waals surface area contributed by atoms with Crippen molar-refractivity contribution in [3.8, 4) is 0 Å². The van der Waals surface area contributed by atoms with E-state index in [-0.39, 0.29) is 18.3 Å². The van der Waals surface area contributed by atoms with Gasteiger partial charge in [0.25, 0.3) is 11.6 Å². The third-order valence-electron chi connectivity index (χ3n) is 4.49. The molecule has 0 unspecified atom stereocenters. The van der Waals surface area contributed by atoms with Gasteiger partial charge in [0, 0.05) is 31.2 Å². The van der Waals surface area contributed by atoms with E-state index < -0.39 is 0 Å². The summed E-state index contributed by atoms with van der Waals surface area (Å²) in [7, 11) is 0. The Balaban J connectivity index is 0.00000156. The normalized spacial score (nSPS) is 18.6. The standard InChI is InChI=1S/C16H20N4O2.ClH/c1-10-14-12(16(21)20-7-2-5-17-6-8-20)9-13(11-3-4-11)18-15(14)22-19-10;/h9,11,17H,2-8H2,1H3;1H. The predicted octanol–water partition coefficient (Wildman–Crippen LogP) is 2.27. The van der Waals surface area contributed by atoms with Crippen LogP contribution in [0.5, 0.6) is 0 Å². The number of pyridine rings is 1. The van der Waals surface area contributed by atoms with Crippen molar-refractivity contribution in [1.29, 1.82) is 0 Å². The first-order valence-electron chi connectivity index (χ1n) is 8.01. The van der Waals surface area contributed by atoms with Crippen molar-refractivity contribution in [3.63, 3.8) is 0 Å². The third-order valence-corrected chi connectivity index (χ3v) is 4.49. The molecule has 124 valence electrons. The molecule has 4 rings (SSSR count). The van der Waals surface area contributed by atoms with Crippen LogP contribution in [0.1, 0.15) is 46.9 Å². The predicted molar refractivity (Wildman–Crippen MR) is 89.2 cm³/mol. The number of nitrogens with zero attached hydrogens (tertiary/aromatic N) is 3. The van der Waals surface area contributed by atoms with Crippen LogP contribution >= 0.6 is 12.4 Å². The van der Waals surface area contributed by atoms with Gasteiger partial charge in [-0.15, -0.1) is 12.4 Å². The first kappa shape index (κ1) is 16.2. The Bertz CT molecular complexity index is 718. The molecular formula is C16H21ClN4O2. The van der Waals surface area contributed by atoms with Crippen molar-refractivity contribution >= 4 is 29.4 Å². The number of amides is 1. The van der Waals surface area contributed by atoms with Gasteiger partial charge in [-0.2, -0.15) is 0 Å². The van der Waals surface area contributed by atoms with Gasteiger partial charge in [0.05, 0.1) is 16.6 Å². The molecule has 2 aromatic heterocycles. The highest BCUT2D eigenvalue weighted by Crippen LogP contribution is 2.40. The van der Waals surface area contributed by atoms with E-state index in [4.69, 9.17) is 4.52 Å². The number of carbonyl (C=O) groups is 1. The van der Waals surface area contributed by atoms with Gasteiger partial charge in [0.1, 0.15) is 0 Å². The van der Waals surface area contributed by atoms with Gasteiger partial charge in [-0.25, -0.2) is 4.98 Å². The van der Waals surface area contributed by atoms with Crippen molar-refractivity contribution in [1.82, 2.24) is 20.4 Å². The minimum atomic E-state index is 0. The van der Waals surface area contributed by atoms with Gasteiger partial charge in [-0.05, 0) is 38.8 Å². The number of halogens is 1. The van der Waals surface area contributed by atoms with E-state index in [2.05, 4.69) is 15.5 Å². The molecule has 0 radical (unpaired) electrons. The Kier molecular flexibility index (Phi) is 4.55. The summed E-state index contributed by atoms with van der Waals surface area (Å²) in [5.74, 6) is 0.552. The molecule has 23 heavy (non-hydrogen) atoms. The zero-order chi connectivity index (χ0) is 15.1. The highest BCUT2D eigenvalue weighted by atomic mass is 35.5. The Hall–Kier alpha value is -1.66. The van der Waals surface area contributed by atoms with Crippen molar-refractivity contribution in [3.05, 3.63) is 23.0 Å². The second-order valence-corrected chi connectivity index (χ2v) is 6.21. The van der Waals surface area contributed by atoms with E-state index >= 15 is 0 Å². The molecular weight excluding hydrogens is 316 g/mol. The lowest BCUT2D eigenvalue weighted by Gasteiger charge is -2.20. The van der Waals surface area contributed by atoms with Gasteiger partial charge < -0.3 is 14.7 Å². The Morgan fingerprint density at radius 1 is 1.35 bits per heavy atom. The van der Waals surface area contributed by atoms with E-state index in [9.17, 15) is 4.79 Å². The van der Waals surface area contributed by atoms with Crippen LogP contribution in [0.4, 0.5) is 0 Å². The number of rotatable bonds is 2. The molecule has 7 heteroatoms. The van der Waals surface area contributed by atoms with E-state index in [1.807, 2.05) is 17.9 Å². The molecule has 3 heterocycles. The highest BCUT2D eigenvalue weighted by molar-refractivity contribution is 6.06. The summed E-state index contributed by atoms with van der Waals surface area (Å²) in [6.07, 6.45) is 3.28. The van der Waals surface area contributed by atoms with Gasteiger partial charge >= 0.3 is 0 Å². The maximum absolute atomic E-state index is 13.0. The molecule has 1 aliphatic heterocycles. The van der Waals surface area contributed by atoms with Gasteiger partial charge in [-0.3, -0.25) is 4.79 Å². The molecule has 2 fully saturated rings. The van der Waals surface area contributed by atoms with Gasteiger partial charge in [0.2, 0.25) is 0 Å². The number of hydrogen-bond acceptors (Lipinski definition) is 5. The van der Waals surface area contributed by atoms with E-state index in [1.165, 1.54) is 0 Å². The fourth-order valence-corrected chi connectivity index (χ4v) is 3.09. The Morgan fingerprint density at radius 2 is 2.17 bits per heavy atom. The third kappa shape index (κ3) is 3.05. The quantitative estimate of drug-likeness (QED) is 0.910. The first-order valence-corrected chi connectivity index (χ1v) is 8.01. The smallest absolute Gasteiger partial charge is 0.259 e. The zero-order valence-corrected chi connectivity index (χ0v) is 14.0. The summed E-state index contributed by atoms with van der Waals surface area (Å²) in [5, 5.41) is 8.10. The molecule has 2 aliphatic rings. The Morgan fingerprint density at radius 3 is 2.96 bits per heavy atom. The van der Waals surface area contributed by atoms with Crippen molar-refractivity contribution in [2.24, 2.45) is 0 Å². The molecule has 1 N–H and O–H groups in total. The molecule has 1 saturated carbocycles.